The number of carbonyl (C=O) groups is 1. The lowest BCUT2D eigenvalue weighted by Crippen LogP contribution is -2.26. The number of aryl methyl sites for hydroxylation is 1. The number of nitrogens with one attached hydrogen (secondary N) is 1. The highest BCUT2D eigenvalue weighted by atomic mass is 16.6. The highest BCUT2D eigenvalue weighted by Crippen LogP contribution is 2.35. The van der Waals surface area contributed by atoms with Gasteiger partial charge in [0.2, 0.25) is 6.10 Å². The van der Waals surface area contributed by atoms with E-state index in [1.54, 1.807) is 6.08 Å². The first-order valence-corrected chi connectivity index (χ1v) is 5.62. The third kappa shape index (κ3) is 1.56. The molecule has 1 aromatic rings. The molecule has 1 aliphatic carbocycles. The van der Waals surface area contributed by atoms with Crippen LogP contribution in [-0.4, -0.2) is 24.2 Å². The van der Waals surface area contributed by atoms with Crippen LogP contribution in [0, 0.1) is 0 Å². The number of carbonyl (C=O) groups excluding carboxylic acids is 1. The van der Waals surface area contributed by atoms with Crippen LogP contribution in [0.15, 0.2) is 30.0 Å². The summed E-state index contributed by atoms with van der Waals surface area (Å²) in [4.78, 5) is 14.7. The maximum absolute atomic E-state index is 11.5. The van der Waals surface area contributed by atoms with Crippen molar-refractivity contribution in [2.45, 2.75) is 18.9 Å². The second-order valence-electron chi connectivity index (χ2n) is 4.14. The number of aromatic nitrogens is 1. The molecule has 0 saturated carbocycles. The van der Waals surface area contributed by atoms with Crippen LogP contribution in [0.5, 0.6) is 0 Å². The molecule has 1 aromatic heterocycles. The van der Waals surface area contributed by atoms with E-state index < -0.39 is 6.10 Å². The number of rotatable bonds is 1. The molecular formula is C13H13NO3. The average molecular weight is 231 g/mol. The summed E-state index contributed by atoms with van der Waals surface area (Å²) in [7, 11) is 1.37. The summed E-state index contributed by atoms with van der Waals surface area (Å²) in [5.41, 5.74) is 3.38. The van der Waals surface area contributed by atoms with Gasteiger partial charge in [-0.2, -0.15) is 0 Å². The van der Waals surface area contributed by atoms with Gasteiger partial charge in [-0.25, -0.2) is 4.79 Å². The summed E-state index contributed by atoms with van der Waals surface area (Å²) >= 11 is 0. The molecule has 1 atom stereocenters. The fourth-order valence-corrected chi connectivity index (χ4v) is 2.28. The summed E-state index contributed by atoms with van der Waals surface area (Å²) in [6.45, 7) is 0. The zero-order valence-corrected chi connectivity index (χ0v) is 9.53. The molecule has 1 aliphatic heterocycles. The number of ether oxygens (including phenoxy) is 2. The van der Waals surface area contributed by atoms with Crippen LogP contribution in [0.4, 0.5) is 0 Å². The van der Waals surface area contributed by atoms with Crippen molar-refractivity contribution in [3.05, 3.63) is 41.2 Å². The number of methoxy groups -OCH3 is 1. The Morgan fingerprint density at radius 1 is 1.53 bits per heavy atom. The number of esters is 1. The van der Waals surface area contributed by atoms with Crippen LogP contribution in [0.3, 0.4) is 0 Å². The lowest BCUT2D eigenvalue weighted by Gasteiger charge is -2.26. The molecule has 88 valence electrons. The molecule has 4 heteroatoms. The van der Waals surface area contributed by atoms with Gasteiger partial charge in [-0.15, -0.1) is 0 Å². The quantitative estimate of drug-likeness (QED) is 0.750. The van der Waals surface area contributed by atoms with E-state index in [1.165, 1.54) is 12.8 Å². The molecule has 0 fully saturated rings. The maximum Gasteiger partial charge on any atom is 0.351 e. The van der Waals surface area contributed by atoms with Crippen molar-refractivity contribution in [2.24, 2.45) is 0 Å². The number of hydrogen-bond acceptors (Lipinski definition) is 3. The van der Waals surface area contributed by atoms with Gasteiger partial charge in [-0.1, -0.05) is 6.08 Å². The lowest BCUT2D eigenvalue weighted by atomic mass is 9.93. The van der Waals surface area contributed by atoms with E-state index in [4.69, 9.17) is 9.47 Å². The molecule has 1 N–H and O–H groups in total. The molecule has 3 rings (SSSR count). The van der Waals surface area contributed by atoms with E-state index in [9.17, 15) is 4.79 Å². The topological polar surface area (TPSA) is 51.3 Å². The molecule has 0 bridgehead atoms. The van der Waals surface area contributed by atoms with E-state index in [0.717, 1.165) is 29.7 Å². The molecule has 2 heterocycles. The second kappa shape index (κ2) is 3.80. The SMILES string of the molecule is COC(=O)C1C=CC2=C(O1)c1cc[nH]c1CC2. The molecule has 17 heavy (non-hydrogen) atoms. The van der Waals surface area contributed by atoms with Gasteiger partial charge in [-0.05, 0) is 30.6 Å². The number of fused-ring (bicyclic) bond motifs is 2. The van der Waals surface area contributed by atoms with Crippen LogP contribution in [0.1, 0.15) is 17.7 Å². The van der Waals surface area contributed by atoms with E-state index in [-0.39, 0.29) is 5.97 Å². The Labute approximate surface area is 98.9 Å². The fraction of sp³-hybridized carbons (Fsp3) is 0.308. The van der Waals surface area contributed by atoms with Crippen molar-refractivity contribution in [1.29, 1.82) is 0 Å². The molecule has 0 spiro atoms. The molecule has 4 nitrogen and oxygen atoms in total. The van der Waals surface area contributed by atoms with Crippen LogP contribution >= 0.6 is 0 Å². The van der Waals surface area contributed by atoms with Crippen molar-refractivity contribution in [1.82, 2.24) is 4.98 Å². The number of hydrogen-bond donors (Lipinski definition) is 1. The minimum atomic E-state index is -0.625. The summed E-state index contributed by atoms with van der Waals surface area (Å²) in [6.07, 6.45) is 6.92. The Bertz CT molecular complexity index is 525. The molecule has 0 amide bonds. The third-order valence-electron chi connectivity index (χ3n) is 3.16. The maximum atomic E-state index is 11.5. The Kier molecular flexibility index (Phi) is 2.28. The van der Waals surface area contributed by atoms with Crippen molar-refractivity contribution >= 4 is 11.7 Å². The van der Waals surface area contributed by atoms with Gasteiger partial charge in [0.15, 0.2) is 0 Å². The van der Waals surface area contributed by atoms with E-state index in [1.807, 2.05) is 18.3 Å². The predicted molar refractivity (Wildman–Crippen MR) is 62.1 cm³/mol. The van der Waals surface area contributed by atoms with Crippen LogP contribution in [-0.2, 0) is 20.7 Å². The predicted octanol–water partition coefficient (Wildman–Crippen LogP) is 1.80. The summed E-state index contributed by atoms with van der Waals surface area (Å²) in [5.74, 6) is 0.445. The zero-order chi connectivity index (χ0) is 11.8. The highest BCUT2D eigenvalue weighted by Gasteiger charge is 2.28. The first-order valence-electron chi connectivity index (χ1n) is 5.62. The number of H-pyrrole nitrogens is 1. The van der Waals surface area contributed by atoms with Crippen molar-refractivity contribution in [3.63, 3.8) is 0 Å². The first-order chi connectivity index (χ1) is 8.29. The monoisotopic (exact) mass is 231 g/mol. The largest absolute Gasteiger partial charge is 0.474 e. The smallest absolute Gasteiger partial charge is 0.351 e. The molecule has 0 aromatic carbocycles. The number of aromatic amines is 1. The summed E-state index contributed by atoms with van der Waals surface area (Å²) in [6, 6.07) is 1.98. The van der Waals surface area contributed by atoms with Crippen molar-refractivity contribution < 1.29 is 14.3 Å². The van der Waals surface area contributed by atoms with Gasteiger partial charge in [0.25, 0.3) is 0 Å². The molecule has 0 saturated heterocycles. The van der Waals surface area contributed by atoms with Crippen molar-refractivity contribution in [3.8, 4) is 0 Å². The Hall–Kier alpha value is -1.97. The zero-order valence-electron chi connectivity index (χ0n) is 9.53. The second-order valence-corrected chi connectivity index (χ2v) is 4.14. The molecular weight excluding hydrogens is 218 g/mol. The van der Waals surface area contributed by atoms with Gasteiger partial charge >= 0.3 is 5.97 Å². The highest BCUT2D eigenvalue weighted by molar-refractivity contribution is 5.81. The van der Waals surface area contributed by atoms with E-state index in [0.29, 0.717) is 0 Å². The normalized spacial score (nSPS) is 21.6. The Morgan fingerprint density at radius 3 is 3.24 bits per heavy atom. The third-order valence-corrected chi connectivity index (χ3v) is 3.16. The number of allylic oxidation sites excluding steroid dienone is 2. The standard InChI is InChI=1S/C13H13NO3/c1-16-13(15)11-5-3-8-2-4-10-9(6-7-14-10)12(8)17-11/h3,5-7,11,14H,2,4H2,1H3. The van der Waals surface area contributed by atoms with Gasteiger partial charge in [-0.3, -0.25) is 0 Å². The van der Waals surface area contributed by atoms with E-state index in [2.05, 4.69) is 4.98 Å². The minimum absolute atomic E-state index is 0.365. The van der Waals surface area contributed by atoms with Crippen LogP contribution in [0.25, 0.3) is 5.76 Å². The molecule has 1 unspecified atom stereocenters. The van der Waals surface area contributed by atoms with Gasteiger partial charge in [0.1, 0.15) is 5.76 Å². The fourth-order valence-electron chi connectivity index (χ4n) is 2.28. The first kappa shape index (κ1) is 10.2. The minimum Gasteiger partial charge on any atom is -0.474 e. The average Bonchev–Trinajstić information content (AvgIpc) is 2.85. The molecule has 2 aliphatic rings. The molecule has 0 radical (unpaired) electrons. The van der Waals surface area contributed by atoms with Crippen LogP contribution < -0.4 is 0 Å². The Balaban J connectivity index is 1.96. The van der Waals surface area contributed by atoms with E-state index >= 15 is 0 Å². The van der Waals surface area contributed by atoms with Gasteiger partial charge in [0, 0.05) is 17.5 Å². The Morgan fingerprint density at radius 2 is 2.41 bits per heavy atom. The van der Waals surface area contributed by atoms with Gasteiger partial charge < -0.3 is 14.5 Å². The van der Waals surface area contributed by atoms with Crippen molar-refractivity contribution in [2.75, 3.05) is 7.11 Å². The van der Waals surface area contributed by atoms with Crippen LogP contribution in [0.2, 0.25) is 0 Å². The summed E-state index contributed by atoms with van der Waals surface area (Å²) in [5, 5.41) is 0. The summed E-state index contributed by atoms with van der Waals surface area (Å²) < 4.78 is 10.4. The lowest BCUT2D eigenvalue weighted by molar-refractivity contribution is -0.147. The van der Waals surface area contributed by atoms with Gasteiger partial charge in [0.05, 0.1) is 7.11 Å².